The molecule has 0 radical (unpaired) electrons. The van der Waals surface area contributed by atoms with Crippen molar-refractivity contribution in [1.82, 2.24) is 9.97 Å². The maximum absolute atomic E-state index is 4.46. The van der Waals surface area contributed by atoms with E-state index in [1.165, 1.54) is 0 Å². The summed E-state index contributed by atoms with van der Waals surface area (Å²) < 4.78 is 0.841. The van der Waals surface area contributed by atoms with Gasteiger partial charge < -0.3 is 5.48 Å². The number of pyridine rings is 2. The SMILES string of the molecule is Brc1ccc2ccc3cccnc3c2n1.Cl.O. The Morgan fingerprint density at radius 1 is 0.882 bits per heavy atom. The van der Waals surface area contributed by atoms with Crippen molar-refractivity contribution in [2.75, 3.05) is 0 Å². The van der Waals surface area contributed by atoms with Crippen LogP contribution in [0.3, 0.4) is 0 Å². The average molecular weight is 314 g/mol. The van der Waals surface area contributed by atoms with E-state index in [2.05, 4.69) is 38.0 Å². The van der Waals surface area contributed by atoms with Crippen molar-refractivity contribution in [1.29, 1.82) is 0 Å². The molecule has 2 N–H and O–H groups in total. The highest BCUT2D eigenvalue weighted by atomic mass is 79.9. The summed E-state index contributed by atoms with van der Waals surface area (Å²) in [4.78, 5) is 8.83. The van der Waals surface area contributed by atoms with Crippen LogP contribution in [-0.2, 0) is 0 Å². The van der Waals surface area contributed by atoms with E-state index in [0.717, 1.165) is 26.4 Å². The molecule has 0 aliphatic rings. The van der Waals surface area contributed by atoms with Gasteiger partial charge in [0.2, 0.25) is 0 Å². The van der Waals surface area contributed by atoms with E-state index in [1.54, 1.807) is 6.20 Å². The van der Waals surface area contributed by atoms with Crippen molar-refractivity contribution in [2.45, 2.75) is 0 Å². The maximum Gasteiger partial charge on any atom is 0.106 e. The molecule has 3 rings (SSSR count). The number of fused-ring (bicyclic) bond motifs is 3. The van der Waals surface area contributed by atoms with Crippen LogP contribution in [0.5, 0.6) is 0 Å². The van der Waals surface area contributed by atoms with Crippen LogP contribution in [0.2, 0.25) is 0 Å². The third kappa shape index (κ3) is 2.39. The Morgan fingerprint density at radius 2 is 1.53 bits per heavy atom. The number of benzene rings is 1. The lowest BCUT2D eigenvalue weighted by molar-refractivity contribution is 0.824. The van der Waals surface area contributed by atoms with Crippen LogP contribution in [0.25, 0.3) is 21.8 Å². The predicted molar refractivity (Wildman–Crippen MR) is 75.6 cm³/mol. The normalized spacial score (nSPS) is 9.71. The van der Waals surface area contributed by atoms with Gasteiger partial charge >= 0.3 is 0 Å². The van der Waals surface area contributed by atoms with Gasteiger partial charge in [-0.1, -0.05) is 24.3 Å². The Hall–Kier alpha value is -1.23. The van der Waals surface area contributed by atoms with E-state index in [0.29, 0.717) is 0 Å². The molecule has 0 aliphatic heterocycles. The van der Waals surface area contributed by atoms with Gasteiger partial charge in [0.05, 0.1) is 11.0 Å². The fourth-order valence-corrected chi connectivity index (χ4v) is 2.01. The number of aromatic nitrogens is 2. The second kappa shape index (κ2) is 5.40. The quantitative estimate of drug-likeness (QED) is 0.473. The highest BCUT2D eigenvalue weighted by Crippen LogP contribution is 2.23. The summed E-state index contributed by atoms with van der Waals surface area (Å²) in [6, 6.07) is 12.1. The van der Waals surface area contributed by atoms with E-state index in [-0.39, 0.29) is 17.9 Å². The molecule has 0 unspecified atom stereocenters. The molecule has 0 saturated heterocycles. The highest BCUT2D eigenvalue weighted by molar-refractivity contribution is 9.10. The summed E-state index contributed by atoms with van der Waals surface area (Å²) in [6.07, 6.45) is 1.80. The third-order valence-electron chi connectivity index (χ3n) is 2.40. The molecule has 3 nitrogen and oxygen atoms in total. The number of hydrogen-bond donors (Lipinski definition) is 0. The van der Waals surface area contributed by atoms with Gasteiger partial charge in [0.1, 0.15) is 4.60 Å². The Bertz CT molecular complexity index is 660. The molecule has 0 spiro atoms. The van der Waals surface area contributed by atoms with Gasteiger partial charge in [0, 0.05) is 17.0 Å². The van der Waals surface area contributed by atoms with Gasteiger partial charge in [-0.15, -0.1) is 12.4 Å². The van der Waals surface area contributed by atoms with Gasteiger partial charge in [0.25, 0.3) is 0 Å². The molecule has 0 atom stereocenters. The molecule has 0 aliphatic carbocycles. The zero-order valence-electron chi connectivity index (χ0n) is 8.72. The van der Waals surface area contributed by atoms with E-state index in [9.17, 15) is 0 Å². The van der Waals surface area contributed by atoms with Crippen molar-refractivity contribution in [3.63, 3.8) is 0 Å². The van der Waals surface area contributed by atoms with Crippen molar-refractivity contribution >= 4 is 50.1 Å². The minimum atomic E-state index is 0. The van der Waals surface area contributed by atoms with Crippen LogP contribution in [0, 0.1) is 0 Å². The minimum Gasteiger partial charge on any atom is -0.412 e. The van der Waals surface area contributed by atoms with Crippen LogP contribution >= 0.6 is 28.3 Å². The standard InChI is InChI=1S/C12H7BrN2.ClH.H2O/c13-10-6-5-9-4-3-8-2-1-7-14-11(8)12(9)15-10;;/h1-7H;1H;1H2. The summed E-state index contributed by atoms with van der Waals surface area (Å²) >= 11 is 3.38. The average Bonchev–Trinajstić information content (AvgIpc) is 2.29. The summed E-state index contributed by atoms with van der Waals surface area (Å²) in [6.45, 7) is 0. The number of halogens is 2. The molecule has 0 amide bonds. The molecular formula is C12H10BrClN2O. The topological polar surface area (TPSA) is 57.3 Å². The maximum atomic E-state index is 4.46. The first kappa shape index (κ1) is 13.8. The minimum absolute atomic E-state index is 0. The lowest BCUT2D eigenvalue weighted by Gasteiger charge is -2.01. The van der Waals surface area contributed by atoms with Gasteiger partial charge in [0.15, 0.2) is 0 Å². The summed E-state index contributed by atoms with van der Waals surface area (Å²) in [7, 11) is 0. The molecule has 3 aromatic rings. The monoisotopic (exact) mass is 312 g/mol. The molecular weight excluding hydrogens is 304 g/mol. The Balaban J connectivity index is 0.000000722. The molecule has 5 heteroatoms. The van der Waals surface area contributed by atoms with Crippen molar-refractivity contribution in [3.8, 4) is 0 Å². The van der Waals surface area contributed by atoms with Crippen LogP contribution in [0.15, 0.2) is 47.2 Å². The van der Waals surface area contributed by atoms with Gasteiger partial charge in [-0.2, -0.15) is 0 Å². The van der Waals surface area contributed by atoms with Gasteiger partial charge in [-0.25, -0.2) is 4.98 Å². The second-order valence-corrected chi connectivity index (χ2v) is 4.16. The van der Waals surface area contributed by atoms with Crippen molar-refractivity contribution in [3.05, 3.63) is 47.2 Å². The Labute approximate surface area is 113 Å². The second-order valence-electron chi connectivity index (χ2n) is 3.35. The fourth-order valence-electron chi connectivity index (χ4n) is 1.70. The zero-order chi connectivity index (χ0) is 10.3. The Kier molecular flexibility index (Phi) is 4.40. The third-order valence-corrected chi connectivity index (χ3v) is 2.84. The number of hydrogen-bond acceptors (Lipinski definition) is 2. The highest BCUT2D eigenvalue weighted by Gasteiger charge is 2.02. The Morgan fingerprint density at radius 3 is 2.29 bits per heavy atom. The van der Waals surface area contributed by atoms with E-state index >= 15 is 0 Å². The molecule has 0 fully saturated rings. The molecule has 1 aromatic carbocycles. The molecule has 0 saturated carbocycles. The lowest BCUT2D eigenvalue weighted by atomic mass is 10.1. The number of nitrogens with zero attached hydrogens (tertiary/aromatic N) is 2. The van der Waals surface area contributed by atoms with Crippen LogP contribution in [-0.4, -0.2) is 15.4 Å². The van der Waals surface area contributed by atoms with E-state index in [1.807, 2.05) is 24.3 Å². The van der Waals surface area contributed by atoms with E-state index in [4.69, 9.17) is 0 Å². The van der Waals surface area contributed by atoms with Crippen LogP contribution < -0.4 is 0 Å². The molecule has 0 bridgehead atoms. The summed E-state index contributed by atoms with van der Waals surface area (Å²) in [5.74, 6) is 0. The zero-order valence-corrected chi connectivity index (χ0v) is 11.1. The lowest BCUT2D eigenvalue weighted by Crippen LogP contribution is -1.84. The first-order valence-corrected chi connectivity index (χ1v) is 5.44. The molecule has 2 aromatic heterocycles. The van der Waals surface area contributed by atoms with Crippen LogP contribution in [0.1, 0.15) is 0 Å². The first-order chi connectivity index (χ1) is 7.34. The van der Waals surface area contributed by atoms with E-state index < -0.39 is 0 Å². The largest absolute Gasteiger partial charge is 0.412 e. The fraction of sp³-hybridized carbons (Fsp3) is 0. The summed E-state index contributed by atoms with van der Waals surface area (Å²) in [5.41, 5.74) is 1.90. The van der Waals surface area contributed by atoms with Crippen LogP contribution in [0.4, 0.5) is 0 Å². The number of rotatable bonds is 0. The predicted octanol–water partition coefficient (Wildman–Crippen LogP) is 3.14. The molecule has 2 heterocycles. The smallest absolute Gasteiger partial charge is 0.106 e. The molecule has 88 valence electrons. The van der Waals surface area contributed by atoms with Gasteiger partial charge in [-0.05, 0) is 28.1 Å². The van der Waals surface area contributed by atoms with Crippen molar-refractivity contribution < 1.29 is 5.48 Å². The van der Waals surface area contributed by atoms with Crippen molar-refractivity contribution in [2.24, 2.45) is 0 Å². The summed E-state index contributed by atoms with van der Waals surface area (Å²) in [5, 5.41) is 2.24. The first-order valence-electron chi connectivity index (χ1n) is 4.64. The molecule has 17 heavy (non-hydrogen) atoms. The van der Waals surface area contributed by atoms with Gasteiger partial charge in [-0.3, -0.25) is 4.98 Å².